The lowest BCUT2D eigenvalue weighted by atomic mass is 9.94. The largest absolute Gasteiger partial charge is 0.338 e. The number of H-pyrrole nitrogens is 1. The number of aryl methyl sites for hydroxylation is 2. The lowest BCUT2D eigenvalue weighted by Gasteiger charge is -2.31. The molecule has 1 saturated heterocycles. The van der Waals surface area contributed by atoms with Crippen molar-refractivity contribution in [1.82, 2.24) is 25.0 Å². The Morgan fingerprint density at radius 2 is 2.11 bits per heavy atom. The van der Waals surface area contributed by atoms with E-state index in [-0.39, 0.29) is 11.5 Å². The molecular weight excluding hydrogens is 342 g/mol. The van der Waals surface area contributed by atoms with Crippen LogP contribution in [-0.2, 0) is 6.54 Å². The van der Waals surface area contributed by atoms with Crippen molar-refractivity contribution in [3.05, 3.63) is 63.7 Å². The van der Waals surface area contributed by atoms with E-state index in [1.165, 1.54) is 0 Å². The van der Waals surface area contributed by atoms with Gasteiger partial charge in [-0.25, -0.2) is 4.98 Å². The van der Waals surface area contributed by atoms with Crippen molar-refractivity contribution in [2.24, 2.45) is 0 Å². The van der Waals surface area contributed by atoms with Crippen LogP contribution < -0.4 is 5.56 Å². The van der Waals surface area contributed by atoms with Crippen LogP contribution in [0.4, 0.5) is 0 Å². The Morgan fingerprint density at radius 1 is 1.26 bits per heavy atom. The summed E-state index contributed by atoms with van der Waals surface area (Å²) in [5.74, 6) is 2.15. The molecule has 0 saturated carbocycles. The van der Waals surface area contributed by atoms with Crippen molar-refractivity contribution in [2.45, 2.75) is 39.2 Å². The molecule has 4 rings (SSSR count). The summed E-state index contributed by atoms with van der Waals surface area (Å²) in [4.78, 5) is 25.8. The lowest BCUT2D eigenvalue weighted by molar-refractivity contribution is 0.175. The number of hydrogen-bond acceptors (Lipinski definition) is 6. The third-order valence-corrected chi connectivity index (χ3v) is 5.02. The van der Waals surface area contributed by atoms with E-state index in [2.05, 4.69) is 25.0 Å². The molecule has 7 heteroatoms. The van der Waals surface area contributed by atoms with Crippen LogP contribution in [0, 0.1) is 13.8 Å². The minimum atomic E-state index is -0.0885. The molecule has 1 aliphatic rings. The van der Waals surface area contributed by atoms with E-state index in [1.807, 2.05) is 38.1 Å². The van der Waals surface area contributed by atoms with Crippen LogP contribution in [0.25, 0.3) is 11.4 Å². The molecule has 0 amide bonds. The van der Waals surface area contributed by atoms with Gasteiger partial charge in [0.25, 0.3) is 5.56 Å². The zero-order valence-corrected chi connectivity index (χ0v) is 15.6. The topological polar surface area (TPSA) is 87.9 Å². The lowest BCUT2D eigenvalue weighted by Crippen LogP contribution is -2.34. The highest BCUT2D eigenvalue weighted by Crippen LogP contribution is 2.26. The molecule has 1 atom stereocenters. The van der Waals surface area contributed by atoms with Crippen molar-refractivity contribution in [2.75, 3.05) is 13.1 Å². The molecular formula is C20H23N5O2. The van der Waals surface area contributed by atoms with Gasteiger partial charge in [-0.05, 0) is 38.8 Å². The Labute approximate surface area is 157 Å². The van der Waals surface area contributed by atoms with Crippen molar-refractivity contribution < 1.29 is 4.52 Å². The fourth-order valence-corrected chi connectivity index (χ4v) is 3.70. The molecule has 0 aliphatic carbocycles. The third-order valence-electron chi connectivity index (χ3n) is 5.02. The molecule has 1 aromatic carbocycles. The quantitative estimate of drug-likeness (QED) is 0.765. The molecule has 0 bridgehead atoms. The van der Waals surface area contributed by atoms with Crippen LogP contribution in [0.5, 0.6) is 0 Å². The predicted octanol–water partition coefficient (Wildman–Crippen LogP) is 2.82. The predicted molar refractivity (Wildman–Crippen MR) is 101 cm³/mol. The molecule has 3 aromatic rings. The van der Waals surface area contributed by atoms with E-state index in [1.54, 1.807) is 6.07 Å². The minimum Gasteiger partial charge on any atom is -0.338 e. The van der Waals surface area contributed by atoms with E-state index in [4.69, 9.17) is 4.52 Å². The molecule has 0 spiro atoms. The maximum Gasteiger partial charge on any atom is 0.251 e. The van der Waals surface area contributed by atoms with E-state index in [0.29, 0.717) is 24.1 Å². The Kier molecular flexibility index (Phi) is 4.85. The Hall–Kier alpha value is -2.80. The first kappa shape index (κ1) is 17.6. The fraction of sp³-hybridized carbons (Fsp3) is 0.400. The normalized spacial score (nSPS) is 17.9. The van der Waals surface area contributed by atoms with Gasteiger partial charge in [-0.15, -0.1) is 0 Å². The average Bonchev–Trinajstić information content (AvgIpc) is 3.10. The number of aromatic amines is 1. The Balaban J connectivity index is 1.47. The van der Waals surface area contributed by atoms with Crippen LogP contribution in [0.2, 0.25) is 0 Å². The number of aromatic nitrogens is 4. The first-order valence-electron chi connectivity index (χ1n) is 9.27. The third kappa shape index (κ3) is 3.98. The SMILES string of the molecule is Cc1nc([C@@H]2CCCN(Cc3nc(-c4ccccc4C)no3)C2)cc(=O)[nH]1. The maximum absolute atomic E-state index is 11.7. The zero-order chi connectivity index (χ0) is 18.8. The highest BCUT2D eigenvalue weighted by molar-refractivity contribution is 5.58. The summed E-state index contributed by atoms with van der Waals surface area (Å²) in [5, 5.41) is 4.14. The van der Waals surface area contributed by atoms with Gasteiger partial charge in [0.1, 0.15) is 5.82 Å². The van der Waals surface area contributed by atoms with Crippen molar-refractivity contribution in [3.8, 4) is 11.4 Å². The van der Waals surface area contributed by atoms with Crippen molar-refractivity contribution in [1.29, 1.82) is 0 Å². The van der Waals surface area contributed by atoms with Gasteiger partial charge in [0.05, 0.1) is 12.2 Å². The van der Waals surface area contributed by atoms with Crippen molar-refractivity contribution >= 4 is 0 Å². The zero-order valence-electron chi connectivity index (χ0n) is 15.6. The van der Waals surface area contributed by atoms with Crippen LogP contribution >= 0.6 is 0 Å². The number of nitrogens with one attached hydrogen (secondary N) is 1. The molecule has 1 aliphatic heterocycles. The number of hydrogen-bond donors (Lipinski definition) is 1. The highest BCUT2D eigenvalue weighted by atomic mass is 16.5. The second kappa shape index (κ2) is 7.44. The van der Waals surface area contributed by atoms with Gasteiger partial charge in [0, 0.05) is 24.1 Å². The first-order chi connectivity index (χ1) is 13.1. The molecule has 140 valence electrons. The van der Waals surface area contributed by atoms with Gasteiger partial charge in [0.15, 0.2) is 0 Å². The number of piperidine rings is 1. The molecule has 0 radical (unpaired) electrons. The second-order valence-electron chi connectivity index (χ2n) is 7.16. The Morgan fingerprint density at radius 3 is 2.93 bits per heavy atom. The molecule has 7 nitrogen and oxygen atoms in total. The molecule has 27 heavy (non-hydrogen) atoms. The number of likely N-dealkylation sites (tertiary alicyclic amines) is 1. The summed E-state index contributed by atoms with van der Waals surface area (Å²) in [7, 11) is 0. The number of nitrogens with zero attached hydrogens (tertiary/aromatic N) is 4. The standard InChI is InChI=1S/C20H23N5O2/c1-13-6-3-4-8-16(13)20-23-19(27-24-20)12-25-9-5-7-15(11-25)17-10-18(26)22-14(2)21-17/h3-4,6,8,10,15H,5,7,9,11-12H2,1-2H3,(H,21,22,26)/t15-/m1/s1. The first-order valence-corrected chi connectivity index (χ1v) is 9.27. The summed E-state index contributed by atoms with van der Waals surface area (Å²) in [6.45, 7) is 6.27. The summed E-state index contributed by atoms with van der Waals surface area (Å²) in [5.41, 5.74) is 2.90. The van der Waals surface area contributed by atoms with E-state index in [9.17, 15) is 4.79 Å². The molecule has 2 aromatic heterocycles. The summed E-state index contributed by atoms with van der Waals surface area (Å²) in [6, 6.07) is 9.63. The number of benzene rings is 1. The van der Waals surface area contributed by atoms with Crippen LogP contribution in [0.15, 0.2) is 39.6 Å². The minimum absolute atomic E-state index is 0.0885. The van der Waals surface area contributed by atoms with Crippen LogP contribution in [0.1, 0.15) is 41.7 Å². The molecule has 1 N–H and O–H groups in total. The van der Waals surface area contributed by atoms with Gasteiger partial charge in [0.2, 0.25) is 11.7 Å². The monoisotopic (exact) mass is 365 g/mol. The van der Waals surface area contributed by atoms with E-state index >= 15 is 0 Å². The summed E-state index contributed by atoms with van der Waals surface area (Å²) < 4.78 is 5.48. The van der Waals surface area contributed by atoms with Gasteiger partial charge < -0.3 is 9.51 Å². The molecule has 3 heterocycles. The van der Waals surface area contributed by atoms with Crippen molar-refractivity contribution in [3.63, 3.8) is 0 Å². The van der Waals surface area contributed by atoms with E-state index < -0.39 is 0 Å². The molecule has 1 fully saturated rings. The van der Waals surface area contributed by atoms with Crippen LogP contribution in [0.3, 0.4) is 0 Å². The number of rotatable bonds is 4. The highest BCUT2D eigenvalue weighted by Gasteiger charge is 2.24. The van der Waals surface area contributed by atoms with Gasteiger partial charge >= 0.3 is 0 Å². The van der Waals surface area contributed by atoms with Gasteiger partial charge in [-0.1, -0.05) is 29.4 Å². The Bertz CT molecular complexity index is 994. The summed E-state index contributed by atoms with van der Waals surface area (Å²) in [6.07, 6.45) is 2.08. The van der Waals surface area contributed by atoms with Crippen LogP contribution in [-0.4, -0.2) is 38.1 Å². The summed E-state index contributed by atoms with van der Waals surface area (Å²) >= 11 is 0. The van der Waals surface area contributed by atoms with Gasteiger partial charge in [-0.3, -0.25) is 9.69 Å². The maximum atomic E-state index is 11.7. The average molecular weight is 365 g/mol. The fourth-order valence-electron chi connectivity index (χ4n) is 3.70. The van der Waals surface area contributed by atoms with Gasteiger partial charge in [-0.2, -0.15) is 4.98 Å². The van der Waals surface area contributed by atoms with E-state index in [0.717, 1.165) is 42.8 Å². The second-order valence-corrected chi connectivity index (χ2v) is 7.16. The smallest absolute Gasteiger partial charge is 0.251 e. The molecule has 0 unspecified atom stereocenters.